The van der Waals surface area contributed by atoms with E-state index in [0.717, 1.165) is 19.3 Å². The van der Waals surface area contributed by atoms with Crippen molar-refractivity contribution >= 4 is 0 Å². The fourth-order valence-electron chi connectivity index (χ4n) is 2.28. The molecule has 1 nitrogen and oxygen atoms in total. The van der Waals surface area contributed by atoms with Gasteiger partial charge in [0, 0.05) is 0 Å². The zero-order valence-corrected chi connectivity index (χ0v) is 12.4. The number of hydrogen-bond acceptors (Lipinski definition) is 1. The van der Waals surface area contributed by atoms with Gasteiger partial charge in [0.1, 0.15) is 6.04 Å². The van der Waals surface area contributed by atoms with Gasteiger partial charge in [-0.05, 0) is 12.3 Å². The van der Waals surface area contributed by atoms with Crippen molar-refractivity contribution in [3.05, 3.63) is 0 Å². The summed E-state index contributed by atoms with van der Waals surface area (Å²) >= 11 is 0. The largest absolute Gasteiger partial charge is 0.403 e. The Hall–Kier alpha value is -0.250. The molecule has 0 saturated heterocycles. The van der Waals surface area contributed by atoms with Crippen LogP contribution in [0.25, 0.3) is 0 Å². The predicted molar refractivity (Wildman–Crippen MR) is 75.0 cm³/mol. The zero-order valence-electron chi connectivity index (χ0n) is 12.4. The number of alkyl halides is 3. The molecule has 0 fully saturated rings. The second kappa shape index (κ2) is 10.5. The van der Waals surface area contributed by atoms with Crippen LogP contribution < -0.4 is 5.73 Å². The first kappa shape index (κ1) is 18.8. The average molecular weight is 281 g/mol. The summed E-state index contributed by atoms with van der Waals surface area (Å²) in [7, 11) is 0. The summed E-state index contributed by atoms with van der Waals surface area (Å²) in [6.07, 6.45) is 7.01. The minimum Gasteiger partial charge on any atom is -0.320 e. The molecule has 0 aliphatic rings. The van der Waals surface area contributed by atoms with E-state index in [9.17, 15) is 13.2 Å². The van der Waals surface area contributed by atoms with E-state index in [1.165, 1.54) is 38.5 Å². The van der Waals surface area contributed by atoms with E-state index in [0.29, 0.717) is 6.42 Å². The van der Waals surface area contributed by atoms with Gasteiger partial charge < -0.3 is 5.73 Å². The third-order valence-electron chi connectivity index (χ3n) is 3.75. The molecule has 0 saturated carbocycles. The van der Waals surface area contributed by atoms with Crippen molar-refractivity contribution in [1.82, 2.24) is 0 Å². The third kappa shape index (κ3) is 10.2. The Morgan fingerprint density at radius 3 is 1.68 bits per heavy atom. The van der Waals surface area contributed by atoms with Crippen LogP contribution in [0.3, 0.4) is 0 Å². The number of unbranched alkanes of at least 4 members (excludes halogenated alkanes) is 8. The Balaban J connectivity index is 3.39. The van der Waals surface area contributed by atoms with E-state index in [4.69, 9.17) is 5.73 Å². The highest BCUT2D eigenvalue weighted by Gasteiger charge is 2.39. The molecular weight excluding hydrogens is 251 g/mol. The van der Waals surface area contributed by atoms with Gasteiger partial charge in [-0.2, -0.15) is 13.2 Å². The van der Waals surface area contributed by atoms with Gasteiger partial charge in [-0.25, -0.2) is 0 Å². The minimum atomic E-state index is -4.25. The molecule has 0 aromatic carbocycles. The molecule has 0 amide bonds. The van der Waals surface area contributed by atoms with Crippen molar-refractivity contribution in [1.29, 1.82) is 0 Å². The highest BCUT2D eigenvalue weighted by atomic mass is 19.4. The summed E-state index contributed by atoms with van der Waals surface area (Å²) in [5, 5.41) is 0. The summed E-state index contributed by atoms with van der Waals surface area (Å²) in [5.74, 6) is -0.468. The van der Waals surface area contributed by atoms with Gasteiger partial charge in [0.2, 0.25) is 0 Å². The van der Waals surface area contributed by atoms with Crippen molar-refractivity contribution in [2.45, 2.75) is 90.3 Å². The summed E-state index contributed by atoms with van der Waals surface area (Å²) < 4.78 is 37.1. The molecule has 0 bridgehead atoms. The van der Waals surface area contributed by atoms with E-state index >= 15 is 0 Å². The van der Waals surface area contributed by atoms with E-state index in [-0.39, 0.29) is 0 Å². The fourth-order valence-corrected chi connectivity index (χ4v) is 2.28. The quantitative estimate of drug-likeness (QED) is 0.502. The second-order valence-electron chi connectivity index (χ2n) is 5.66. The van der Waals surface area contributed by atoms with E-state index < -0.39 is 18.1 Å². The number of halogens is 3. The topological polar surface area (TPSA) is 26.0 Å². The van der Waals surface area contributed by atoms with Crippen LogP contribution in [-0.2, 0) is 0 Å². The van der Waals surface area contributed by atoms with Gasteiger partial charge in [-0.3, -0.25) is 0 Å². The third-order valence-corrected chi connectivity index (χ3v) is 3.75. The molecule has 0 heterocycles. The van der Waals surface area contributed by atoms with Crippen LogP contribution in [-0.4, -0.2) is 12.2 Å². The highest BCUT2D eigenvalue weighted by Crippen LogP contribution is 2.26. The molecule has 0 rings (SSSR count). The Labute approximate surface area is 116 Å². The molecule has 4 heteroatoms. The Morgan fingerprint density at radius 2 is 1.26 bits per heavy atom. The molecular formula is C15H30F3N. The molecule has 0 radical (unpaired) electrons. The lowest BCUT2D eigenvalue weighted by Gasteiger charge is -2.22. The first-order valence-corrected chi connectivity index (χ1v) is 7.71. The predicted octanol–water partition coefficient (Wildman–Crippen LogP) is 5.43. The van der Waals surface area contributed by atoms with Gasteiger partial charge >= 0.3 is 6.18 Å². The van der Waals surface area contributed by atoms with E-state index in [1.807, 2.05) is 0 Å². The lowest BCUT2D eigenvalue weighted by molar-refractivity contribution is -0.158. The van der Waals surface area contributed by atoms with Gasteiger partial charge in [-0.15, -0.1) is 0 Å². The Kier molecular flexibility index (Phi) is 10.4. The highest BCUT2D eigenvalue weighted by molar-refractivity contribution is 4.76. The molecule has 0 unspecified atom stereocenters. The maximum Gasteiger partial charge on any atom is 0.403 e. The second-order valence-corrected chi connectivity index (χ2v) is 5.66. The first-order chi connectivity index (χ1) is 8.89. The van der Waals surface area contributed by atoms with E-state index in [2.05, 4.69) is 6.92 Å². The van der Waals surface area contributed by atoms with E-state index in [1.54, 1.807) is 6.92 Å². The minimum absolute atomic E-state index is 0.468. The van der Waals surface area contributed by atoms with Crippen LogP contribution in [0, 0.1) is 5.92 Å². The maximum absolute atomic E-state index is 12.4. The first-order valence-electron chi connectivity index (χ1n) is 7.71. The molecule has 2 N–H and O–H groups in total. The van der Waals surface area contributed by atoms with Crippen molar-refractivity contribution in [2.75, 3.05) is 0 Å². The van der Waals surface area contributed by atoms with Crippen molar-refractivity contribution < 1.29 is 13.2 Å². The zero-order chi connectivity index (χ0) is 14.7. The van der Waals surface area contributed by atoms with Gasteiger partial charge in [0.15, 0.2) is 0 Å². The summed E-state index contributed by atoms with van der Waals surface area (Å²) in [6, 6.07) is -1.67. The Morgan fingerprint density at radius 1 is 0.842 bits per heavy atom. The molecule has 0 aliphatic carbocycles. The number of nitrogens with two attached hydrogens (primary N) is 1. The standard InChI is InChI=1S/C15H30F3N/c1-3-4-5-6-7-8-9-10-11-12-13(2)14(19)15(16,17)18/h13-14H,3-12,19H2,1-2H3/t13-,14-/m1/s1. The maximum atomic E-state index is 12.4. The van der Waals surface area contributed by atoms with Crippen LogP contribution in [0.2, 0.25) is 0 Å². The molecule has 116 valence electrons. The lowest BCUT2D eigenvalue weighted by atomic mass is 9.95. The van der Waals surface area contributed by atoms with Crippen molar-refractivity contribution in [3.63, 3.8) is 0 Å². The number of hydrogen-bond donors (Lipinski definition) is 1. The Bertz CT molecular complexity index is 204. The fraction of sp³-hybridized carbons (Fsp3) is 1.00. The van der Waals surface area contributed by atoms with Gasteiger partial charge in [0.05, 0.1) is 0 Å². The molecule has 19 heavy (non-hydrogen) atoms. The van der Waals surface area contributed by atoms with Gasteiger partial charge in [0.25, 0.3) is 0 Å². The van der Waals surface area contributed by atoms with Crippen molar-refractivity contribution in [3.8, 4) is 0 Å². The molecule has 0 aromatic rings. The summed E-state index contributed by atoms with van der Waals surface area (Å²) in [6.45, 7) is 3.80. The molecule has 0 aliphatic heterocycles. The average Bonchev–Trinajstić information content (AvgIpc) is 2.34. The summed E-state index contributed by atoms with van der Waals surface area (Å²) in [5.41, 5.74) is 5.18. The molecule has 0 spiro atoms. The monoisotopic (exact) mass is 281 g/mol. The van der Waals surface area contributed by atoms with Crippen LogP contribution in [0.1, 0.15) is 78.1 Å². The van der Waals surface area contributed by atoms with Gasteiger partial charge in [-0.1, -0.05) is 71.6 Å². The summed E-state index contributed by atoms with van der Waals surface area (Å²) in [4.78, 5) is 0. The molecule has 2 atom stereocenters. The molecule has 0 aromatic heterocycles. The van der Waals surface area contributed by atoms with Crippen LogP contribution in [0.5, 0.6) is 0 Å². The van der Waals surface area contributed by atoms with Crippen LogP contribution >= 0.6 is 0 Å². The van der Waals surface area contributed by atoms with Crippen LogP contribution in [0.15, 0.2) is 0 Å². The SMILES string of the molecule is CCCCCCCCCCC[C@@H](C)[C@@H](N)C(F)(F)F. The lowest BCUT2D eigenvalue weighted by Crippen LogP contribution is -2.42. The van der Waals surface area contributed by atoms with Crippen molar-refractivity contribution in [2.24, 2.45) is 11.7 Å². The number of rotatable bonds is 11. The normalized spacial score (nSPS) is 15.5. The smallest absolute Gasteiger partial charge is 0.320 e. The van der Waals surface area contributed by atoms with Crippen LogP contribution in [0.4, 0.5) is 13.2 Å².